The fourth-order valence-electron chi connectivity index (χ4n) is 11.7. The molecule has 32 nitrogen and oxygen atoms in total. The van der Waals surface area contributed by atoms with Gasteiger partial charge in [0.25, 0.3) is 29.5 Å². The summed E-state index contributed by atoms with van der Waals surface area (Å²) in [4.78, 5) is 144. The van der Waals surface area contributed by atoms with Crippen LogP contribution in [0.4, 0.5) is 0 Å². The lowest BCUT2D eigenvalue weighted by molar-refractivity contribution is -0.280. The molecule has 6 amide bonds. The molecule has 512 valence electrons. The minimum Gasteiger partial charge on any atom is -0.506 e. The fraction of sp³-hybridized carbons (Fsp3) is 0.344. The van der Waals surface area contributed by atoms with Crippen LogP contribution in [0.5, 0.6) is 5.75 Å². The second kappa shape index (κ2) is 27.4. The Kier molecular flexibility index (Phi) is 19.1. The lowest BCUT2D eigenvalue weighted by Crippen LogP contribution is -2.62. The zero-order valence-electron chi connectivity index (χ0n) is 52.6. The number of hydrogen-bond donors (Lipinski definition) is 10. The zero-order chi connectivity index (χ0) is 69.9. The van der Waals surface area contributed by atoms with Gasteiger partial charge >= 0.3 is 11.9 Å². The lowest BCUT2D eigenvalue weighted by Gasteiger charge is -2.48. The van der Waals surface area contributed by atoms with Crippen molar-refractivity contribution in [2.24, 2.45) is 5.73 Å². The highest BCUT2D eigenvalue weighted by Crippen LogP contribution is 2.43. The Labute approximate surface area is 574 Å². The molecule has 1 aromatic carbocycles. The first-order chi connectivity index (χ1) is 46.7. The number of carbonyl (C=O) groups excluding carboxylic acids is 8. The molecule has 0 aliphatic carbocycles. The van der Waals surface area contributed by atoms with Gasteiger partial charge < -0.3 is 86.2 Å². The highest BCUT2D eigenvalue weighted by atomic mass is 32.1. The Balaban J connectivity index is 1.04. The SMILES string of the molecule is C=C(NC(=O)c1csc(-c2nc3c(cc2O)-c2nc(cs2)C(=O)NC(C(C)O)C(=O)N/C(=C(\C)OC)c2nc(cs2)C(=O)NC2c4nc(cs4)C(=O)NC(COC(=O)c4c5c6c(cccc6n4O)COC(=O)C(OC4CC(C)(O)C(N(C)C)C(C)O4)C2OC5)c2nc-3cs2)n1)C(N)=O. The molecule has 4 aliphatic heterocycles. The summed E-state index contributed by atoms with van der Waals surface area (Å²) in [5.74, 6) is -8.28. The van der Waals surface area contributed by atoms with Crippen LogP contribution in [0.1, 0.15) is 125 Å². The minimum absolute atomic E-state index is 0.00915. The van der Waals surface area contributed by atoms with Crippen LogP contribution in [-0.2, 0) is 56.0 Å². The summed E-state index contributed by atoms with van der Waals surface area (Å²) in [6, 6.07) is 0.628. The van der Waals surface area contributed by atoms with Crippen molar-refractivity contribution >= 4 is 121 Å². The Hall–Kier alpha value is -9.54. The molecule has 12 bridgehead atoms. The molecule has 0 spiro atoms. The second-order valence-corrected chi connectivity index (χ2v) is 27.7. The van der Waals surface area contributed by atoms with E-state index in [0.29, 0.717) is 10.3 Å². The summed E-state index contributed by atoms with van der Waals surface area (Å²) in [5.41, 5.74) is 2.00. The number of allylic oxidation sites excluding steroid dienone is 1. The van der Waals surface area contributed by atoms with E-state index in [2.05, 4.69) is 48.1 Å². The zero-order valence-corrected chi connectivity index (χ0v) is 56.7. The Morgan fingerprint density at radius 3 is 2.23 bits per heavy atom. The summed E-state index contributed by atoms with van der Waals surface area (Å²) in [7, 11) is 4.83. The van der Waals surface area contributed by atoms with Crippen molar-refractivity contribution in [3.05, 3.63) is 124 Å². The number of nitrogens with two attached hydrogens (primary N) is 1. The third kappa shape index (κ3) is 13.4. The van der Waals surface area contributed by atoms with Crippen LogP contribution in [0.25, 0.3) is 49.3 Å². The molecular weight excluding hydrogens is 1380 g/mol. The average Bonchev–Trinajstić information content (AvgIpc) is 1.57. The van der Waals surface area contributed by atoms with E-state index >= 15 is 14.4 Å². The second-order valence-electron chi connectivity index (χ2n) is 23.3. The molecule has 12 rings (SSSR count). The number of pyridine rings is 1. The first-order valence-electron chi connectivity index (χ1n) is 29.7. The van der Waals surface area contributed by atoms with E-state index in [1.54, 1.807) is 45.0 Å². The number of aliphatic hydroxyl groups excluding tert-OH is 1. The van der Waals surface area contributed by atoms with Crippen molar-refractivity contribution < 1.29 is 87.3 Å². The first-order valence-corrected chi connectivity index (χ1v) is 34.1. The van der Waals surface area contributed by atoms with E-state index in [-0.39, 0.29) is 105 Å². The van der Waals surface area contributed by atoms with Crippen molar-refractivity contribution in [2.45, 2.75) is 108 Å². The van der Waals surface area contributed by atoms with E-state index < -0.39 is 145 Å². The van der Waals surface area contributed by atoms with Gasteiger partial charge in [-0.05, 0) is 59.5 Å². The summed E-state index contributed by atoms with van der Waals surface area (Å²) in [6.45, 7) is 7.68. The molecule has 7 aromatic heterocycles. The maximum atomic E-state index is 15.2. The van der Waals surface area contributed by atoms with Gasteiger partial charge in [-0.25, -0.2) is 39.5 Å². The predicted octanol–water partition coefficient (Wildman–Crippen LogP) is 3.89. The van der Waals surface area contributed by atoms with Crippen molar-refractivity contribution in [1.82, 2.24) is 66.1 Å². The largest absolute Gasteiger partial charge is 0.506 e. The van der Waals surface area contributed by atoms with Gasteiger partial charge in [0, 0.05) is 49.8 Å². The number of amides is 6. The molecule has 11 heterocycles. The number of ether oxygens (including phenoxy) is 6. The van der Waals surface area contributed by atoms with Gasteiger partial charge in [-0.2, -0.15) is 4.73 Å². The van der Waals surface area contributed by atoms with Crippen molar-refractivity contribution in [1.29, 1.82) is 0 Å². The quantitative estimate of drug-likeness (QED) is 0.0424. The van der Waals surface area contributed by atoms with E-state index in [0.717, 1.165) is 56.7 Å². The standard InChI is InChI=1S/C61H60N14O18S5/c1-22(48(62)78)63-49(79)31-19-97-57(68-31)42-36(77)12-27-41(70-42)30-17-95-55(65-30)29-16-91-59(84)44-28-15-89-45(46(93-37-13-61(5,86)47(74(6)7)25(4)92-37)60(85)90-14-26-10-9-11-35(38(26)28)75(44)87)43(58-69-32(20-98-58)50(80)64-29)73-52(82)34-21-96-56(67-34)40(24(3)88-8)72-53(83)39(23(2)76)71-51(81)33-18-94-54(27)66-33/h9-12,17-21,23,25,29,37,39,43,45-47,76-77,86-87H,1,13-16H2,2-8H3,(H2,62,78)(H,63,79)(H,64,80)(H,71,81)(H,72,83)(H,73,82)/b40-24+. The van der Waals surface area contributed by atoms with Crippen molar-refractivity contribution in [2.75, 3.05) is 27.8 Å². The molecule has 10 unspecified atom stereocenters. The van der Waals surface area contributed by atoms with Gasteiger partial charge in [-0.15, -0.1) is 56.7 Å². The number of esters is 2. The smallest absolute Gasteiger partial charge is 0.358 e. The van der Waals surface area contributed by atoms with Crippen LogP contribution in [0.2, 0.25) is 0 Å². The number of aromatic hydroxyl groups is 1. The number of likely N-dealkylation sites (N-methyl/N-ethyl adjacent to an activating group) is 1. The van der Waals surface area contributed by atoms with E-state index in [1.807, 2.05) is 0 Å². The van der Waals surface area contributed by atoms with Crippen LogP contribution in [0, 0.1) is 0 Å². The molecule has 37 heteroatoms. The highest BCUT2D eigenvalue weighted by molar-refractivity contribution is 7.14. The summed E-state index contributed by atoms with van der Waals surface area (Å²) >= 11 is 4.46. The van der Waals surface area contributed by atoms with E-state index in [4.69, 9.17) is 49.1 Å². The number of nitrogens with zero attached hydrogens (tertiary/aromatic N) is 8. The third-order valence-electron chi connectivity index (χ3n) is 16.3. The van der Waals surface area contributed by atoms with Crippen molar-refractivity contribution in [3.63, 3.8) is 0 Å². The molecule has 1 saturated heterocycles. The maximum Gasteiger partial charge on any atom is 0.358 e. The van der Waals surface area contributed by atoms with Crippen LogP contribution in [0.15, 0.2) is 69.2 Å². The number of carbonyl (C=O) groups is 8. The monoisotopic (exact) mass is 1440 g/mol. The minimum atomic E-state index is -1.92. The van der Waals surface area contributed by atoms with Gasteiger partial charge in [-0.3, -0.25) is 28.8 Å². The molecule has 4 aliphatic rings. The van der Waals surface area contributed by atoms with Crippen molar-refractivity contribution in [3.8, 4) is 38.4 Å². The van der Waals surface area contributed by atoms with Gasteiger partial charge in [-0.1, -0.05) is 18.7 Å². The predicted molar refractivity (Wildman–Crippen MR) is 350 cm³/mol. The normalized spacial score (nSPS) is 24.0. The average molecular weight is 1440 g/mol. The van der Waals surface area contributed by atoms with Crippen LogP contribution >= 0.6 is 56.7 Å². The number of fused-ring (bicyclic) bond motifs is 15. The summed E-state index contributed by atoms with van der Waals surface area (Å²) < 4.78 is 38.2. The molecule has 1 fully saturated rings. The highest BCUT2D eigenvalue weighted by Gasteiger charge is 2.50. The first kappa shape index (κ1) is 68.4. The summed E-state index contributed by atoms with van der Waals surface area (Å²) in [5, 5.41) is 67.4. The lowest BCUT2D eigenvalue weighted by atomic mass is 9.85. The number of benzene rings is 1. The fourth-order valence-corrected chi connectivity index (χ4v) is 15.9. The number of nitrogens with one attached hydrogen (secondary N) is 5. The van der Waals surface area contributed by atoms with Gasteiger partial charge in [0.1, 0.15) is 120 Å². The van der Waals surface area contributed by atoms with Crippen LogP contribution in [-0.4, -0.2) is 184 Å². The summed E-state index contributed by atoms with van der Waals surface area (Å²) in [6.07, 6.45) is -7.56. The number of methoxy groups -OCH3 is 1. The Morgan fingerprint density at radius 2 is 1.52 bits per heavy atom. The Morgan fingerprint density at radius 1 is 0.857 bits per heavy atom. The van der Waals surface area contributed by atoms with E-state index in [9.17, 15) is 44.5 Å². The van der Waals surface area contributed by atoms with Gasteiger partial charge in [0.2, 0.25) is 5.91 Å². The van der Waals surface area contributed by atoms with Gasteiger partial charge in [0.05, 0.1) is 48.8 Å². The molecule has 0 radical (unpaired) electrons. The topological polar surface area (TPSA) is 445 Å². The number of aliphatic hydroxyl groups is 2. The number of rotatable bonds is 9. The number of thiazole rings is 5. The molecule has 98 heavy (non-hydrogen) atoms. The van der Waals surface area contributed by atoms with E-state index in [1.165, 1.54) is 60.0 Å². The molecular formula is C61H60N14O18S5. The Bertz CT molecular complexity index is 4610. The molecule has 8 aromatic rings. The van der Waals surface area contributed by atoms with Crippen LogP contribution in [0.3, 0.4) is 0 Å². The number of hydrogen-bond acceptors (Lipinski definition) is 30. The third-order valence-corrected chi connectivity index (χ3v) is 20.8. The number of primary amides is 1. The van der Waals surface area contributed by atoms with Gasteiger partial charge in [0.15, 0.2) is 18.1 Å². The molecule has 10 atom stereocenters. The number of aromatic nitrogens is 7. The number of cyclic esters (lactones) is 2. The molecule has 0 saturated carbocycles. The maximum absolute atomic E-state index is 15.2. The molecule has 11 N–H and O–H groups in total. The van der Waals surface area contributed by atoms with Crippen LogP contribution < -0.4 is 32.3 Å².